The van der Waals surface area contributed by atoms with Crippen LogP contribution in [0.15, 0.2) is 52.7 Å². The fourth-order valence-electron chi connectivity index (χ4n) is 1.59. The van der Waals surface area contributed by atoms with Crippen molar-refractivity contribution in [2.24, 2.45) is 0 Å². The second kappa shape index (κ2) is 5.01. The highest BCUT2D eigenvalue weighted by atomic mass is 32.1. The quantitative estimate of drug-likeness (QED) is 0.778. The zero-order chi connectivity index (χ0) is 12.2. The maximum atomic E-state index is 5.25. The molecule has 0 aliphatic carbocycles. The number of nitrogens with one attached hydrogen (secondary N) is 1. The molecule has 3 aromatic heterocycles. The lowest BCUT2D eigenvalue weighted by molar-refractivity contribution is 0.518. The molecule has 3 heterocycles. The first-order chi connectivity index (χ1) is 8.92. The third-order valence-electron chi connectivity index (χ3n) is 2.43. The first kappa shape index (κ1) is 11.0. The Morgan fingerprint density at radius 3 is 3.00 bits per heavy atom. The van der Waals surface area contributed by atoms with Gasteiger partial charge in [0.15, 0.2) is 0 Å². The third-order valence-corrected chi connectivity index (χ3v) is 3.32. The second-order valence-electron chi connectivity index (χ2n) is 3.70. The van der Waals surface area contributed by atoms with E-state index in [1.54, 1.807) is 30.0 Å². The van der Waals surface area contributed by atoms with Gasteiger partial charge in [0.2, 0.25) is 0 Å². The Labute approximate surface area is 108 Å². The average molecular weight is 257 g/mol. The predicted octanol–water partition coefficient (Wildman–Crippen LogP) is 3.41. The van der Waals surface area contributed by atoms with Gasteiger partial charge in [-0.2, -0.15) is 0 Å². The zero-order valence-corrected chi connectivity index (χ0v) is 10.4. The fraction of sp³-hybridized carbons (Fsp3) is 0.0769. The SMILES string of the molecule is c1coc(CNc2cncc(-c3cccs3)n2)c1. The van der Waals surface area contributed by atoms with Crippen molar-refractivity contribution in [3.05, 3.63) is 54.1 Å². The van der Waals surface area contributed by atoms with E-state index in [1.807, 2.05) is 29.6 Å². The maximum absolute atomic E-state index is 5.25. The van der Waals surface area contributed by atoms with Crippen molar-refractivity contribution in [1.82, 2.24) is 9.97 Å². The molecule has 0 aliphatic rings. The molecule has 3 aromatic rings. The minimum Gasteiger partial charge on any atom is -0.467 e. The summed E-state index contributed by atoms with van der Waals surface area (Å²) < 4.78 is 5.25. The molecule has 0 aliphatic heterocycles. The lowest BCUT2D eigenvalue weighted by atomic mass is 10.3. The van der Waals surface area contributed by atoms with E-state index in [0.29, 0.717) is 6.54 Å². The summed E-state index contributed by atoms with van der Waals surface area (Å²) in [7, 11) is 0. The van der Waals surface area contributed by atoms with Crippen molar-refractivity contribution in [2.45, 2.75) is 6.54 Å². The molecule has 1 N–H and O–H groups in total. The molecule has 0 amide bonds. The number of hydrogen-bond acceptors (Lipinski definition) is 5. The van der Waals surface area contributed by atoms with Crippen molar-refractivity contribution in [3.63, 3.8) is 0 Å². The van der Waals surface area contributed by atoms with E-state index >= 15 is 0 Å². The molecule has 0 fully saturated rings. The van der Waals surface area contributed by atoms with E-state index in [4.69, 9.17) is 4.42 Å². The molecular weight excluding hydrogens is 246 g/mol. The van der Waals surface area contributed by atoms with Crippen LogP contribution in [-0.2, 0) is 6.54 Å². The van der Waals surface area contributed by atoms with E-state index in [9.17, 15) is 0 Å². The highest BCUT2D eigenvalue weighted by Gasteiger charge is 2.03. The maximum Gasteiger partial charge on any atom is 0.145 e. The van der Waals surface area contributed by atoms with Crippen LogP contribution in [0, 0.1) is 0 Å². The Bertz CT molecular complexity index is 605. The Balaban J connectivity index is 1.75. The van der Waals surface area contributed by atoms with Crippen LogP contribution in [0.25, 0.3) is 10.6 Å². The van der Waals surface area contributed by atoms with Gasteiger partial charge in [-0.3, -0.25) is 4.98 Å². The number of anilines is 1. The van der Waals surface area contributed by atoms with Crippen LogP contribution in [0.1, 0.15) is 5.76 Å². The van der Waals surface area contributed by atoms with Crippen LogP contribution < -0.4 is 5.32 Å². The van der Waals surface area contributed by atoms with Gasteiger partial charge < -0.3 is 9.73 Å². The zero-order valence-electron chi connectivity index (χ0n) is 9.54. The van der Waals surface area contributed by atoms with Crippen molar-refractivity contribution in [1.29, 1.82) is 0 Å². The molecule has 0 unspecified atom stereocenters. The van der Waals surface area contributed by atoms with Crippen LogP contribution >= 0.6 is 11.3 Å². The summed E-state index contributed by atoms with van der Waals surface area (Å²) in [6, 6.07) is 7.82. The summed E-state index contributed by atoms with van der Waals surface area (Å²) in [6.07, 6.45) is 5.13. The van der Waals surface area contributed by atoms with Gasteiger partial charge in [-0.05, 0) is 23.6 Å². The number of thiophene rings is 1. The highest BCUT2D eigenvalue weighted by Crippen LogP contribution is 2.22. The van der Waals surface area contributed by atoms with E-state index in [-0.39, 0.29) is 0 Å². The normalized spacial score (nSPS) is 10.4. The Hall–Kier alpha value is -2.14. The van der Waals surface area contributed by atoms with E-state index in [0.717, 1.165) is 22.1 Å². The summed E-state index contributed by atoms with van der Waals surface area (Å²) in [4.78, 5) is 9.82. The lowest BCUT2D eigenvalue weighted by Gasteiger charge is -2.04. The van der Waals surface area contributed by atoms with Gasteiger partial charge in [0.1, 0.15) is 17.3 Å². The monoisotopic (exact) mass is 257 g/mol. The minimum atomic E-state index is 0.607. The fourth-order valence-corrected chi connectivity index (χ4v) is 2.26. The van der Waals surface area contributed by atoms with E-state index in [2.05, 4.69) is 15.3 Å². The first-order valence-electron chi connectivity index (χ1n) is 5.54. The molecular formula is C13H11N3OS. The van der Waals surface area contributed by atoms with Crippen LogP contribution in [-0.4, -0.2) is 9.97 Å². The smallest absolute Gasteiger partial charge is 0.145 e. The van der Waals surface area contributed by atoms with Crippen LogP contribution in [0.3, 0.4) is 0 Å². The van der Waals surface area contributed by atoms with Gasteiger partial charge in [-0.25, -0.2) is 4.98 Å². The van der Waals surface area contributed by atoms with Crippen LogP contribution in [0.5, 0.6) is 0 Å². The van der Waals surface area contributed by atoms with Gasteiger partial charge in [0, 0.05) is 0 Å². The number of nitrogens with zero attached hydrogens (tertiary/aromatic N) is 2. The lowest BCUT2D eigenvalue weighted by Crippen LogP contribution is -2.01. The predicted molar refractivity (Wildman–Crippen MR) is 71.4 cm³/mol. The largest absolute Gasteiger partial charge is 0.467 e. The number of furan rings is 1. The molecule has 90 valence electrons. The van der Waals surface area contributed by atoms with E-state index in [1.165, 1.54) is 0 Å². The summed E-state index contributed by atoms with van der Waals surface area (Å²) in [5.41, 5.74) is 0.884. The Kier molecular flexibility index (Phi) is 3.06. The van der Waals surface area contributed by atoms with Crippen LogP contribution in [0.4, 0.5) is 5.82 Å². The third kappa shape index (κ3) is 2.41. The van der Waals surface area contributed by atoms with Gasteiger partial charge in [0.25, 0.3) is 0 Å². The molecule has 0 atom stereocenters. The average Bonchev–Trinajstić information content (AvgIpc) is 3.10. The minimum absolute atomic E-state index is 0.607. The summed E-state index contributed by atoms with van der Waals surface area (Å²) in [5, 5.41) is 5.21. The summed E-state index contributed by atoms with van der Waals surface area (Å²) in [6.45, 7) is 0.607. The second-order valence-corrected chi connectivity index (χ2v) is 4.65. The molecule has 0 bridgehead atoms. The molecule has 5 heteroatoms. The molecule has 3 rings (SSSR count). The number of rotatable bonds is 4. The summed E-state index contributed by atoms with van der Waals surface area (Å²) in [5.74, 6) is 1.62. The van der Waals surface area contributed by atoms with Gasteiger partial charge >= 0.3 is 0 Å². The standard InChI is InChI=1S/C13H11N3OS/c1-3-10(17-5-1)7-15-13-9-14-8-11(16-13)12-4-2-6-18-12/h1-6,8-9H,7H2,(H,15,16). The van der Waals surface area contributed by atoms with Crippen molar-refractivity contribution in [3.8, 4) is 10.6 Å². The van der Waals surface area contributed by atoms with E-state index < -0.39 is 0 Å². The molecule has 18 heavy (non-hydrogen) atoms. The van der Waals surface area contributed by atoms with Gasteiger partial charge in [-0.1, -0.05) is 6.07 Å². The molecule has 4 nitrogen and oxygen atoms in total. The molecule has 0 aromatic carbocycles. The molecule has 0 saturated carbocycles. The Morgan fingerprint density at radius 1 is 1.22 bits per heavy atom. The number of hydrogen-bond donors (Lipinski definition) is 1. The van der Waals surface area contributed by atoms with Crippen molar-refractivity contribution in [2.75, 3.05) is 5.32 Å². The Morgan fingerprint density at radius 2 is 2.22 bits per heavy atom. The first-order valence-corrected chi connectivity index (χ1v) is 6.42. The molecule has 0 spiro atoms. The number of aromatic nitrogens is 2. The van der Waals surface area contributed by atoms with Gasteiger partial charge in [-0.15, -0.1) is 11.3 Å². The van der Waals surface area contributed by atoms with Gasteiger partial charge in [0.05, 0.1) is 30.1 Å². The van der Waals surface area contributed by atoms with Crippen LogP contribution in [0.2, 0.25) is 0 Å². The summed E-state index contributed by atoms with van der Waals surface area (Å²) >= 11 is 1.65. The highest BCUT2D eigenvalue weighted by molar-refractivity contribution is 7.13. The topological polar surface area (TPSA) is 51.0 Å². The van der Waals surface area contributed by atoms with Crippen molar-refractivity contribution < 1.29 is 4.42 Å². The molecule has 0 saturated heterocycles. The molecule has 0 radical (unpaired) electrons. The van der Waals surface area contributed by atoms with Crippen molar-refractivity contribution >= 4 is 17.2 Å².